The molecule has 0 radical (unpaired) electrons. The number of methoxy groups -OCH3 is 1. The summed E-state index contributed by atoms with van der Waals surface area (Å²) in [5.74, 6) is -0.144. The average Bonchev–Trinajstić information content (AvgIpc) is 3.50. The molecule has 3 aliphatic rings. The average molecular weight is 569 g/mol. The molecule has 1 saturated carbocycles. The first-order valence-corrected chi connectivity index (χ1v) is 14.9. The molecule has 5 rings (SSSR count). The number of likely N-dealkylation sites (tertiary alicyclic amines) is 1. The van der Waals surface area contributed by atoms with Crippen molar-refractivity contribution in [3.8, 4) is 17.2 Å². The zero-order chi connectivity index (χ0) is 29.1. The highest BCUT2D eigenvalue weighted by Gasteiger charge is 2.36. The van der Waals surface area contributed by atoms with Crippen LogP contribution in [0.15, 0.2) is 35.9 Å². The number of hydrogen-bond acceptors (Lipinski definition) is 5. The molecule has 0 spiro atoms. The predicted molar refractivity (Wildman–Crippen MR) is 155 cm³/mol. The van der Waals surface area contributed by atoms with Crippen LogP contribution < -0.4 is 14.2 Å². The third-order valence-corrected chi connectivity index (χ3v) is 8.43. The van der Waals surface area contributed by atoms with E-state index in [2.05, 4.69) is 4.90 Å². The highest BCUT2D eigenvalue weighted by Crippen LogP contribution is 2.47. The van der Waals surface area contributed by atoms with Gasteiger partial charge >= 0.3 is 0 Å². The van der Waals surface area contributed by atoms with Gasteiger partial charge in [-0.05, 0) is 69.3 Å². The van der Waals surface area contributed by atoms with E-state index in [1.807, 2.05) is 25.7 Å². The van der Waals surface area contributed by atoms with Crippen molar-refractivity contribution in [3.05, 3.63) is 58.7 Å². The lowest BCUT2D eigenvalue weighted by molar-refractivity contribution is -0.0439. The largest absolute Gasteiger partial charge is 0.493 e. The number of halogens is 2. The molecule has 2 aromatic carbocycles. The SMILES string of the molecule is COc1cc(C(=O)N(CC(C)=Cc2ccc(F)cc2F)CC2CCCN2CC2CCCCC2)cc2c1OC(C)(C)O2. The van der Waals surface area contributed by atoms with Crippen LogP contribution in [0, 0.1) is 17.6 Å². The fourth-order valence-electron chi connectivity index (χ4n) is 6.49. The second kappa shape index (κ2) is 12.4. The van der Waals surface area contributed by atoms with Gasteiger partial charge in [0.25, 0.3) is 5.91 Å². The van der Waals surface area contributed by atoms with Crippen LogP contribution in [-0.2, 0) is 0 Å². The lowest BCUT2D eigenvalue weighted by atomic mass is 9.89. The Labute approximate surface area is 242 Å². The Morgan fingerprint density at radius 2 is 1.88 bits per heavy atom. The smallest absolute Gasteiger partial charge is 0.254 e. The van der Waals surface area contributed by atoms with Crippen LogP contribution in [0.4, 0.5) is 8.78 Å². The van der Waals surface area contributed by atoms with Gasteiger partial charge in [0.15, 0.2) is 11.5 Å². The zero-order valence-corrected chi connectivity index (χ0v) is 24.7. The highest BCUT2D eigenvalue weighted by molar-refractivity contribution is 5.96. The maximum Gasteiger partial charge on any atom is 0.254 e. The van der Waals surface area contributed by atoms with Crippen molar-refractivity contribution in [3.63, 3.8) is 0 Å². The first-order chi connectivity index (χ1) is 19.6. The number of benzene rings is 2. The van der Waals surface area contributed by atoms with E-state index in [1.165, 1.54) is 44.2 Å². The molecule has 41 heavy (non-hydrogen) atoms. The van der Waals surface area contributed by atoms with E-state index in [0.29, 0.717) is 41.5 Å². The molecule has 0 bridgehead atoms. The predicted octanol–water partition coefficient (Wildman–Crippen LogP) is 7.07. The van der Waals surface area contributed by atoms with Crippen molar-refractivity contribution >= 4 is 12.0 Å². The van der Waals surface area contributed by atoms with E-state index in [9.17, 15) is 13.6 Å². The maximum atomic E-state index is 14.4. The summed E-state index contributed by atoms with van der Waals surface area (Å²) in [6.45, 7) is 8.49. The molecule has 2 fully saturated rings. The van der Waals surface area contributed by atoms with Crippen molar-refractivity contribution in [1.82, 2.24) is 9.80 Å². The van der Waals surface area contributed by atoms with Gasteiger partial charge in [-0.15, -0.1) is 0 Å². The molecule has 2 heterocycles. The van der Waals surface area contributed by atoms with E-state index < -0.39 is 17.4 Å². The number of ether oxygens (including phenoxy) is 3. The monoisotopic (exact) mass is 568 g/mol. The molecule has 1 unspecified atom stereocenters. The van der Waals surface area contributed by atoms with Crippen LogP contribution in [0.25, 0.3) is 6.08 Å². The quantitative estimate of drug-likeness (QED) is 0.324. The molecule has 0 aromatic heterocycles. The third-order valence-electron chi connectivity index (χ3n) is 8.43. The molecule has 2 aliphatic heterocycles. The van der Waals surface area contributed by atoms with Crippen LogP contribution in [0.1, 0.15) is 81.6 Å². The van der Waals surface area contributed by atoms with Gasteiger partial charge in [0, 0.05) is 56.7 Å². The summed E-state index contributed by atoms with van der Waals surface area (Å²) in [7, 11) is 1.54. The summed E-state index contributed by atoms with van der Waals surface area (Å²) in [5.41, 5.74) is 1.54. The summed E-state index contributed by atoms with van der Waals surface area (Å²) in [4.78, 5) is 18.6. The van der Waals surface area contributed by atoms with Crippen LogP contribution >= 0.6 is 0 Å². The Hall–Kier alpha value is -3.13. The molecule has 1 saturated heterocycles. The molecular weight excluding hydrogens is 526 g/mol. The molecule has 6 nitrogen and oxygen atoms in total. The second-order valence-corrected chi connectivity index (χ2v) is 12.2. The van der Waals surface area contributed by atoms with Crippen molar-refractivity contribution in [2.45, 2.75) is 77.5 Å². The molecule has 8 heteroatoms. The molecule has 1 atom stereocenters. The first-order valence-electron chi connectivity index (χ1n) is 14.9. The molecule has 222 valence electrons. The minimum absolute atomic E-state index is 0.156. The van der Waals surface area contributed by atoms with E-state index >= 15 is 0 Å². The van der Waals surface area contributed by atoms with Gasteiger partial charge in [-0.25, -0.2) is 8.78 Å². The number of hydrogen-bond donors (Lipinski definition) is 0. The number of fused-ring (bicyclic) bond motifs is 1. The van der Waals surface area contributed by atoms with Crippen molar-refractivity contribution < 1.29 is 27.8 Å². The third kappa shape index (κ3) is 7.03. The van der Waals surface area contributed by atoms with Crippen LogP contribution in [0.3, 0.4) is 0 Å². The van der Waals surface area contributed by atoms with Gasteiger partial charge in [-0.2, -0.15) is 0 Å². The number of rotatable bonds is 9. The summed E-state index contributed by atoms with van der Waals surface area (Å²) in [6, 6.07) is 7.22. The van der Waals surface area contributed by atoms with Gasteiger partial charge in [0.2, 0.25) is 11.5 Å². The lowest BCUT2D eigenvalue weighted by Crippen LogP contribution is -2.45. The summed E-state index contributed by atoms with van der Waals surface area (Å²) >= 11 is 0. The minimum atomic E-state index is -0.862. The highest BCUT2D eigenvalue weighted by atomic mass is 19.1. The van der Waals surface area contributed by atoms with Gasteiger partial charge < -0.3 is 19.1 Å². The molecule has 1 aliphatic carbocycles. The molecule has 2 aromatic rings. The number of amides is 1. The summed E-state index contributed by atoms with van der Waals surface area (Å²) < 4.78 is 45.3. The van der Waals surface area contributed by atoms with Gasteiger partial charge in [-0.3, -0.25) is 9.69 Å². The van der Waals surface area contributed by atoms with Crippen molar-refractivity contribution in [1.29, 1.82) is 0 Å². The first kappa shape index (κ1) is 29.4. The van der Waals surface area contributed by atoms with Crippen molar-refractivity contribution in [2.24, 2.45) is 5.92 Å². The number of nitrogens with zero attached hydrogens (tertiary/aromatic N) is 2. The van der Waals surface area contributed by atoms with Gasteiger partial charge in [-0.1, -0.05) is 30.9 Å². The Kier molecular flexibility index (Phi) is 8.88. The molecule has 1 amide bonds. The van der Waals surface area contributed by atoms with E-state index in [-0.39, 0.29) is 11.9 Å². The minimum Gasteiger partial charge on any atom is -0.493 e. The summed E-state index contributed by atoms with van der Waals surface area (Å²) in [6.07, 6.45) is 10.3. The van der Waals surface area contributed by atoms with Gasteiger partial charge in [0.1, 0.15) is 11.6 Å². The second-order valence-electron chi connectivity index (χ2n) is 12.2. The van der Waals surface area contributed by atoms with E-state index in [1.54, 1.807) is 25.3 Å². The fraction of sp³-hybridized carbons (Fsp3) is 0.545. The number of carbonyl (C=O) groups is 1. The van der Waals surface area contributed by atoms with Crippen LogP contribution in [-0.4, -0.2) is 60.8 Å². The lowest BCUT2D eigenvalue weighted by Gasteiger charge is -2.34. The summed E-state index contributed by atoms with van der Waals surface area (Å²) in [5, 5.41) is 0. The number of carbonyl (C=O) groups excluding carboxylic acids is 1. The van der Waals surface area contributed by atoms with Gasteiger partial charge in [0.05, 0.1) is 7.11 Å². The standard InChI is InChI=1S/C33H42F2N2O4/c1-22(15-24-12-13-26(34)18-28(24)35)19-37(21-27-11-8-14-36(27)20-23-9-6-5-7-10-23)32(38)25-16-29(39-4)31-30(17-25)40-33(2,3)41-31/h12-13,15-18,23,27H,5-11,14,19-21H2,1-4H3. The van der Waals surface area contributed by atoms with Crippen molar-refractivity contribution in [2.75, 3.05) is 33.3 Å². The van der Waals surface area contributed by atoms with E-state index in [0.717, 1.165) is 43.5 Å². The Balaban J connectivity index is 1.41. The van der Waals surface area contributed by atoms with Crippen LogP contribution in [0.2, 0.25) is 0 Å². The fourth-order valence-corrected chi connectivity index (χ4v) is 6.49. The Morgan fingerprint density at radius 1 is 1.10 bits per heavy atom. The van der Waals surface area contributed by atoms with E-state index in [4.69, 9.17) is 14.2 Å². The maximum absolute atomic E-state index is 14.4. The molecular formula is C33H42F2N2O4. The molecule has 0 N–H and O–H groups in total. The topological polar surface area (TPSA) is 51.2 Å². The normalized spacial score (nSPS) is 20.8. The zero-order valence-electron chi connectivity index (χ0n) is 24.7. The van der Waals surface area contributed by atoms with Crippen LogP contribution in [0.5, 0.6) is 17.2 Å². The Morgan fingerprint density at radius 3 is 2.61 bits per heavy atom. The Bertz CT molecular complexity index is 1290.